The molecule has 0 spiro atoms. The molecule has 0 atom stereocenters. The first-order chi connectivity index (χ1) is 11.8. The van der Waals surface area contributed by atoms with E-state index in [-0.39, 0.29) is 5.97 Å². The Balaban J connectivity index is 2.03. The normalized spacial score (nSPS) is 11.0. The number of hydrogen-bond donors (Lipinski definition) is 1. The third kappa shape index (κ3) is 2.35. The van der Waals surface area contributed by atoms with Gasteiger partial charge in [-0.1, -0.05) is 48.5 Å². The molecule has 24 heavy (non-hydrogen) atoms. The molecule has 0 aliphatic carbocycles. The van der Waals surface area contributed by atoms with E-state index >= 15 is 0 Å². The zero-order chi connectivity index (χ0) is 16.5. The highest BCUT2D eigenvalue weighted by atomic mass is 16.5. The van der Waals surface area contributed by atoms with E-state index in [1.165, 1.54) is 0 Å². The molecule has 0 fully saturated rings. The number of fused-ring (bicyclic) bond motifs is 3. The molecule has 118 valence electrons. The molecule has 0 aliphatic rings. The topological polar surface area (TPSA) is 42.1 Å². The molecule has 1 N–H and O–H groups in total. The number of aromatic amines is 1. The Morgan fingerprint density at radius 3 is 2.46 bits per heavy atom. The average molecular weight is 315 g/mol. The Bertz CT molecular complexity index is 1030. The first kappa shape index (κ1) is 14.5. The van der Waals surface area contributed by atoms with Gasteiger partial charge in [0.2, 0.25) is 0 Å². The number of nitrogens with one attached hydrogen (secondary N) is 1. The van der Waals surface area contributed by atoms with Gasteiger partial charge in [0.1, 0.15) is 0 Å². The van der Waals surface area contributed by atoms with Crippen molar-refractivity contribution in [3.05, 3.63) is 72.3 Å². The molecule has 3 aromatic carbocycles. The van der Waals surface area contributed by atoms with Gasteiger partial charge in [0, 0.05) is 21.8 Å². The number of benzene rings is 3. The quantitative estimate of drug-likeness (QED) is 0.530. The minimum absolute atomic E-state index is 0.288. The van der Waals surface area contributed by atoms with E-state index in [0.717, 1.165) is 32.9 Å². The van der Waals surface area contributed by atoms with Crippen LogP contribution in [0, 0.1) is 0 Å². The van der Waals surface area contributed by atoms with Gasteiger partial charge in [0.05, 0.1) is 12.2 Å². The van der Waals surface area contributed by atoms with Crippen LogP contribution in [-0.4, -0.2) is 17.6 Å². The highest BCUT2D eigenvalue weighted by Crippen LogP contribution is 2.33. The fraction of sp³-hybridized carbons (Fsp3) is 0.0952. The van der Waals surface area contributed by atoms with Crippen molar-refractivity contribution in [3.8, 4) is 11.1 Å². The van der Waals surface area contributed by atoms with Crippen LogP contribution >= 0.6 is 0 Å². The number of carbonyl (C=O) groups excluding carboxylic acids is 1. The van der Waals surface area contributed by atoms with E-state index in [4.69, 9.17) is 4.74 Å². The van der Waals surface area contributed by atoms with Gasteiger partial charge in [0.15, 0.2) is 0 Å². The molecule has 0 amide bonds. The summed E-state index contributed by atoms with van der Waals surface area (Å²) in [5.41, 5.74) is 4.56. The van der Waals surface area contributed by atoms with E-state index in [1.54, 1.807) is 0 Å². The zero-order valence-corrected chi connectivity index (χ0v) is 13.4. The summed E-state index contributed by atoms with van der Waals surface area (Å²) in [6, 6.07) is 22.0. The Morgan fingerprint density at radius 1 is 0.917 bits per heavy atom. The molecule has 3 nitrogen and oxygen atoms in total. The van der Waals surface area contributed by atoms with E-state index in [9.17, 15) is 4.79 Å². The highest BCUT2D eigenvalue weighted by Gasteiger charge is 2.17. The van der Waals surface area contributed by atoms with Crippen molar-refractivity contribution in [2.24, 2.45) is 0 Å². The fourth-order valence-corrected chi connectivity index (χ4v) is 3.13. The number of aromatic nitrogens is 1. The molecule has 0 saturated carbocycles. The van der Waals surface area contributed by atoms with Gasteiger partial charge in [0.25, 0.3) is 0 Å². The van der Waals surface area contributed by atoms with Crippen molar-refractivity contribution in [2.45, 2.75) is 6.92 Å². The van der Waals surface area contributed by atoms with Crippen molar-refractivity contribution in [2.75, 3.05) is 6.61 Å². The van der Waals surface area contributed by atoms with Gasteiger partial charge in [-0.25, -0.2) is 4.79 Å². The van der Waals surface area contributed by atoms with Crippen LogP contribution in [0.25, 0.3) is 32.9 Å². The Hall–Kier alpha value is -3.07. The molecular formula is C21H17NO2. The van der Waals surface area contributed by atoms with Crippen LogP contribution in [0.3, 0.4) is 0 Å². The number of para-hydroxylation sites is 1. The molecular weight excluding hydrogens is 298 g/mol. The summed E-state index contributed by atoms with van der Waals surface area (Å²) in [6.07, 6.45) is 0. The van der Waals surface area contributed by atoms with E-state index in [2.05, 4.69) is 11.1 Å². The van der Waals surface area contributed by atoms with Crippen LogP contribution in [-0.2, 0) is 4.74 Å². The first-order valence-corrected chi connectivity index (χ1v) is 8.05. The van der Waals surface area contributed by atoms with Crippen molar-refractivity contribution in [3.63, 3.8) is 0 Å². The molecule has 0 radical (unpaired) electrons. The maximum atomic E-state index is 12.5. The lowest BCUT2D eigenvalue weighted by molar-refractivity contribution is 0.0527. The summed E-state index contributed by atoms with van der Waals surface area (Å²) < 4.78 is 5.28. The number of H-pyrrole nitrogens is 1. The number of rotatable bonds is 3. The van der Waals surface area contributed by atoms with Gasteiger partial charge in [-0.15, -0.1) is 0 Å². The second kappa shape index (κ2) is 5.85. The van der Waals surface area contributed by atoms with E-state index in [0.29, 0.717) is 12.2 Å². The third-order valence-corrected chi connectivity index (χ3v) is 4.22. The van der Waals surface area contributed by atoms with Gasteiger partial charge in [-0.3, -0.25) is 0 Å². The summed E-state index contributed by atoms with van der Waals surface area (Å²) in [5, 5.41) is 2.14. The molecule has 4 rings (SSSR count). The zero-order valence-electron chi connectivity index (χ0n) is 13.4. The fourth-order valence-electron chi connectivity index (χ4n) is 3.13. The van der Waals surface area contributed by atoms with Crippen LogP contribution in [0.5, 0.6) is 0 Å². The number of carbonyl (C=O) groups is 1. The second-order valence-corrected chi connectivity index (χ2v) is 5.70. The van der Waals surface area contributed by atoms with Gasteiger partial charge in [-0.2, -0.15) is 0 Å². The number of hydrogen-bond acceptors (Lipinski definition) is 2. The molecule has 1 aromatic heterocycles. The minimum Gasteiger partial charge on any atom is -0.462 e. The number of esters is 1. The highest BCUT2D eigenvalue weighted by molar-refractivity contribution is 6.12. The van der Waals surface area contributed by atoms with Gasteiger partial charge in [-0.05, 0) is 36.2 Å². The molecule has 1 heterocycles. The lowest BCUT2D eigenvalue weighted by Gasteiger charge is -2.10. The van der Waals surface area contributed by atoms with Crippen molar-refractivity contribution in [1.82, 2.24) is 4.98 Å². The van der Waals surface area contributed by atoms with Crippen molar-refractivity contribution in [1.29, 1.82) is 0 Å². The smallest absolute Gasteiger partial charge is 0.338 e. The molecule has 3 heteroatoms. The standard InChI is InChI=1S/C21H17NO2/c1-2-24-21(23)18-12-17-15-10-6-7-11-19(15)22-20(17)13-16(18)14-8-4-3-5-9-14/h3-13,22H,2H2,1H3. The van der Waals surface area contributed by atoms with Gasteiger partial charge >= 0.3 is 5.97 Å². The van der Waals surface area contributed by atoms with Crippen LogP contribution in [0.1, 0.15) is 17.3 Å². The van der Waals surface area contributed by atoms with Crippen molar-refractivity contribution < 1.29 is 9.53 Å². The van der Waals surface area contributed by atoms with E-state index in [1.807, 2.05) is 67.6 Å². The third-order valence-electron chi connectivity index (χ3n) is 4.22. The van der Waals surface area contributed by atoms with Crippen LogP contribution in [0.4, 0.5) is 0 Å². The predicted molar refractivity (Wildman–Crippen MR) is 97.2 cm³/mol. The first-order valence-electron chi connectivity index (χ1n) is 8.05. The summed E-state index contributed by atoms with van der Waals surface area (Å²) in [6.45, 7) is 2.18. The lowest BCUT2D eigenvalue weighted by Crippen LogP contribution is -2.06. The summed E-state index contributed by atoms with van der Waals surface area (Å²) in [5.74, 6) is -0.288. The maximum absolute atomic E-state index is 12.5. The SMILES string of the molecule is CCOC(=O)c1cc2c(cc1-c1ccccc1)[nH]c1ccccc12. The Kier molecular flexibility index (Phi) is 3.54. The van der Waals surface area contributed by atoms with Crippen LogP contribution in [0.2, 0.25) is 0 Å². The Morgan fingerprint density at radius 2 is 1.67 bits per heavy atom. The second-order valence-electron chi connectivity index (χ2n) is 5.70. The maximum Gasteiger partial charge on any atom is 0.338 e. The predicted octanol–water partition coefficient (Wildman–Crippen LogP) is 5.16. The lowest BCUT2D eigenvalue weighted by atomic mass is 9.97. The number of ether oxygens (including phenoxy) is 1. The largest absolute Gasteiger partial charge is 0.462 e. The molecule has 0 aliphatic heterocycles. The van der Waals surface area contributed by atoms with Crippen LogP contribution < -0.4 is 0 Å². The monoisotopic (exact) mass is 315 g/mol. The summed E-state index contributed by atoms with van der Waals surface area (Å²) >= 11 is 0. The minimum atomic E-state index is -0.288. The summed E-state index contributed by atoms with van der Waals surface area (Å²) in [4.78, 5) is 15.9. The molecule has 4 aromatic rings. The molecule has 0 saturated heterocycles. The van der Waals surface area contributed by atoms with E-state index < -0.39 is 0 Å². The van der Waals surface area contributed by atoms with Crippen LogP contribution in [0.15, 0.2) is 66.7 Å². The molecule has 0 unspecified atom stereocenters. The summed E-state index contributed by atoms with van der Waals surface area (Å²) in [7, 11) is 0. The Labute approximate surface area is 139 Å². The van der Waals surface area contributed by atoms with Gasteiger partial charge < -0.3 is 9.72 Å². The average Bonchev–Trinajstić information content (AvgIpc) is 2.99. The molecule has 0 bridgehead atoms. The van der Waals surface area contributed by atoms with Crippen molar-refractivity contribution >= 4 is 27.8 Å².